The van der Waals surface area contributed by atoms with E-state index in [-0.39, 0.29) is 5.91 Å². The Bertz CT molecular complexity index is 1270. The van der Waals surface area contributed by atoms with Gasteiger partial charge < -0.3 is 19.4 Å². The average molecular weight is 455 g/mol. The third-order valence-electron chi connectivity index (χ3n) is 6.39. The summed E-state index contributed by atoms with van der Waals surface area (Å²) in [5, 5.41) is 5.82. The number of carbonyl (C=O) groups is 1. The smallest absolute Gasteiger partial charge is 0.258 e. The number of furan rings is 1. The first-order valence-corrected chi connectivity index (χ1v) is 12.1. The molecule has 1 aromatic heterocycles. The van der Waals surface area contributed by atoms with E-state index < -0.39 is 6.17 Å². The third kappa shape index (κ3) is 4.38. The lowest BCUT2D eigenvalue weighted by Gasteiger charge is -2.38. The molecule has 5 heteroatoms. The minimum Gasteiger partial charge on any atom is -0.493 e. The van der Waals surface area contributed by atoms with Gasteiger partial charge in [0.1, 0.15) is 17.7 Å². The monoisotopic (exact) mass is 454 g/mol. The van der Waals surface area contributed by atoms with Crippen LogP contribution in [0.25, 0.3) is 10.8 Å². The topological polar surface area (TPSA) is 54.7 Å². The summed E-state index contributed by atoms with van der Waals surface area (Å²) in [5.41, 5.74) is 2.46. The highest BCUT2D eigenvalue weighted by atomic mass is 16.5. The standard InChI is InChI=1S/C29H30N2O3/c1-2-3-4-9-18-34-26-17-16-21-11-5-6-13-23(21)27(26)28-30-25-15-8-7-14-24(25)29(32)31(28)20-22-12-10-19-33-22/h5-8,10-17,19,28,30H,2-4,9,18,20H2,1H3. The lowest BCUT2D eigenvalue weighted by molar-refractivity contribution is 0.0650. The van der Waals surface area contributed by atoms with E-state index in [4.69, 9.17) is 9.15 Å². The number of amides is 1. The van der Waals surface area contributed by atoms with E-state index >= 15 is 0 Å². The van der Waals surface area contributed by atoms with E-state index in [1.165, 1.54) is 12.8 Å². The second-order valence-electron chi connectivity index (χ2n) is 8.71. The number of ether oxygens (including phenoxy) is 1. The zero-order valence-corrected chi connectivity index (χ0v) is 19.5. The van der Waals surface area contributed by atoms with Crippen LogP contribution >= 0.6 is 0 Å². The first-order chi connectivity index (χ1) is 16.8. The molecule has 0 bridgehead atoms. The molecule has 1 aliphatic rings. The van der Waals surface area contributed by atoms with Gasteiger partial charge in [-0.1, -0.05) is 68.7 Å². The van der Waals surface area contributed by atoms with Crippen molar-refractivity contribution in [2.75, 3.05) is 11.9 Å². The minimum atomic E-state index is -0.399. The zero-order valence-electron chi connectivity index (χ0n) is 19.5. The summed E-state index contributed by atoms with van der Waals surface area (Å²) in [6, 6.07) is 23.8. The van der Waals surface area contributed by atoms with Crippen molar-refractivity contribution in [3.8, 4) is 5.75 Å². The van der Waals surface area contributed by atoms with Crippen LogP contribution in [0.2, 0.25) is 0 Å². The fourth-order valence-electron chi connectivity index (χ4n) is 4.65. The van der Waals surface area contributed by atoms with Crippen LogP contribution in [-0.2, 0) is 6.54 Å². The van der Waals surface area contributed by atoms with Gasteiger partial charge in [-0.3, -0.25) is 4.79 Å². The number of benzene rings is 3. The van der Waals surface area contributed by atoms with Gasteiger partial charge in [-0.2, -0.15) is 0 Å². The van der Waals surface area contributed by atoms with Crippen molar-refractivity contribution in [1.82, 2.24) is 4.90 Å². The SMILES string of the molecule is CCCCCCOc1ccc2ccccc2c1C1Nc2ccccc2C(=O)N1Cc1ccco1. The van der Waals surface area contributed by atoms with Crippen LogP contribution in [-0.4, -0.2) is 17.4 Å². The summed E-state index contributed by atoms with van der Waals surface area (Å²) >= 11 is 0. The highest BCUT2D eigenvalue weighted by molar-refractivity contribution is 6.02. The van der Waals surface area contributed by atoms with Crippen molar-refractivity contribution in [2.45, 2.75) is 45.3 Å². The van der Waals surface area contributed by atoms with E-state index in [1.807, 2.05) is 59.5 Å². The molecule has 5 rings (SSSR count). The molecule has 2 heterocycles. The van der Waals surface area contributed by atoms with E-state index in [9.17, 15) is 4.79 Å². The fraction of sp³-hybridized carbons (Fsp3) is 0.276. The number of rotatable bonds is 9. The highest BCUT2D eigenvalue weighted by Crippen LogP contribution is 2.41. The summed E-state index contributed by atoms with van der Waals surface area (Å²) in [4.78, 5) is 15.5. The predicted molar refractivity (Wildman–Crippen MR) is 135 cm³/mol. The second kappa shape index (κ2) is 10.0. The van der Waals surface area contributed by atoms with Crippen LogP contribution in [0, 0.1) is 0 Å². The van der Waals surface area contributed by atoms with Crippen molar-refractivity contribution in [3.63, 3.8) is 0 Å². The van der Waals surface area contributed by atoms with Gasteiger partial charge in [0.2, 0.25) is 0 Å². The summed E-state index contributed by atoms with van der Waals surface area (Å²) in [5.74, 6) is 1.52. The summed E-state index contributed by atoms with van der Waals surface area (Å²) in [6.45, 7) is 3.22. The van der Waals surface area contributed by atoms with Gasteiger partial charge in [-0.15, -0.1) is 0 Å². The molecule has 1 aliphatic heterocycles. The molecule has 1 unspecified atom stereocenters. The molecular weight excluding hydrogens is 424 g/mol. The van der Waals surface area contributed by atoms with E-state index in [2.05, 4.69) is 30.4 Å². The molecule has 34 heavy (non-hydrogen) atoms. The number of unbranched alkanes of at least 4 members (excludes halogenated alkanes) is 3. The molecule has 0 spiro atoms. The van der Waals surface area contributed by atoms with Crippen LogP contribution in [0.15, 0.2) is 83.5 Å². The average Bonchev–Trinajstić information content (AvgIpc) is 3.39. The van der Waals surface area contributed by atoms with E-state index in [1.54, 1.807) is 6.26 Å². The number of hydrogen-bond donors (Lipinski definition) is 1. The molecule has 4 aromatic rings. The molecule has 1 atom stereocenters. The Labute approximate surface area is 200 Å². The number of nitrogens with zero attached hydrogens (tertiary/aromatic N) is 1. The molecule has 0 saturated carbocycles. The lowest BCUT2D eigenvalue weighted by atomic mass is 9.97. The largest absolute Gasteiger partial charge is 0.493 e. The van der Waals surface area contributed by atoms with Gasteiger partial charge in [0.25, 0.3) is 5.91 Å². The third-order valence-corrected chi connectivity index (χ3v) is 6.39. The number of anilines is 1. The Morgan fingerprint density at radius 2 is 1.79 bits per heavy atom. The van der Waals surface area contributed by atoms with Gasteiger partial charge in [0, 0.05) is 11.3 Å². The molecule has 1 N–H and O–H groups in total. The van der Waals surface area contributed by atoms with E-state index in [0.717, 1.165) is 46.4 Å². The molecule has 174 valence electrons. The molecule has 5 nitrogen and oxygen atoms in total. The molecular formula is C29H30N2O3. The Morgan fingerprint density at radius 3 is 2.65 bits per heavy atom. The van der Waals surface area contributed by atoms with Crippen LogP contribution in [0.4, 0.5) is 5.69 Å². The quantitative estimate of drug-likeness (QED) is 0.273. The molecule has 3 aromatic carbocycles. The molecule has 1 amide bonds. The normalized spacial score (nSPS) is 15.3. The van der Waals surface area contributed by atoms with Crippen LogP contribution in [0.5, 0.6) is 5.75 Å². The summed E-state index contributed by atoms with van der Waals surface area (Å²) < 4.78 is 12.0. The predicted octanol–water partition coefficient (Wildman–Crippen LogP) is 7.16. The van der Waals surface area contributed by atoms with Crippen molar-refractivity contribution in [2.24, 2.45) is 0 Å². The zero-order chi connectivity index (χ0) is 23.3. The van der Waals surface area contributed by atoms with E-state index in [0.29, 0.717) is 18.7 Å². The summed E-state index contributed by atoms with van der Waals surface area (Å²) in [6.07, 6.45) is 5.80. The van der Waals surface area contributed by atoms with Crippen molar-refractivity contribution in [3.05, 3.63) is 95.9 Å². The Morgan fingerprint density at radius 1 is 0.941 bits per heavy atom. The first-order valence-electron chi connectivity index (χ1n) is 12.1. The number of hydrogen-bond acceptors (Lipinski definition) is 4. The second-order valence-corrected chi connectivity index (χ2v) is 8.71. The summed E-state index contributed by atoms with van der Waals surface area (Å²) in [7, 11) is 0. The number of para-hydroxylation sites is 1. The molecule has 0 saturated heterocycles. The maximum absolute atomic E-state index is 13.7. The van der Waals surface area contributed by atoms with Crippen LogP contribution < -0.4 is 10.1 Å². The molecule has 0 aliphatic carbocycles. The van der Waals surface area contributed by atoms with Gasteiger partial charge >= 0.3 is 0 Å². The Hall–Kier alpha value is -3.73. The molecule has 0 radical (unpaired) electrons. The number of carbonyl (C=O) groups excluding carboxylic acids is 1. The number of nitrogens with one attached hydrogen (secondary N) is 1. The Balaban J connectivity index is 1.58. The van der Waals surface area contributed by atoms with Crippen molar-refractivity contribution in [1.29, 1.82) is 0 Å². The first kappa shape index (κ1) is 22.1. The van der Waals surface area contributed by atoms with Crippen molar-refractivity contribution >= 4 is 22.4 Å². The van der Waals surface area contributed by atoms with Crippen molar-refractivity contribution < 1.29 is 13.9 Å². The Kier molecular flexibility index (Phi) is 6.52. The van der Waals surface area contributed by atoms with Crippen LogP contribution in [0.3, 0.4) is 0 Å². The van der Waals surface area contributed by atoms with Gasteiger partial charge in [0.05, 0.1) is 25.0 Å². The maximum atomic E-state index is 13.7. The fourth-order valence-corrected chi connectivity index (χ4v) is 4.65. The highest BCUT2D eigenvalue weighted by Gasteiger charge is 2.36. The number of fused-ring (bicyclic) bond motifs is 2. The van der Waals surface area contributed by atoms with Gasteiger partial charge in [-0.05, 0) is 47.5 Å². The maximum Gasteiger partial charge on any atom is 0.258 e. The van der Waals surface area contributed by atoms with Crippen LogP contribution in [0.1, 0.15) is 60.5 Å². The van der Waals surface area contributed by atoms with Gasteiger partial charge in [-0.25, -0.2) is 0 Å². The van der Waals surface area contributed by atoms with Gasteiger partial charge in [0.15, 0.2) is 0 Å². The minimum absolute atomic E-state index is 0.0300. The molecule has 0 fully saturated rings. The lowest BCUT2D eigenvalue weighted by Crippen LogP contribution is -2.42.